The van der Waals surface area contributed by atoms with E-state index in [9.17, 15) is 9.59 Å². The fraction of sp³-hybridized carbons (Fsp3) is 0.500. The molecular formula is C26H38ClNO5. The van der Waals surface area contributed by atoms with Crippen molar-refractivity contribution in [3.63, 3.8) is 0 Å². The van der Waals surface area contributed by atoms with Crippen LogP contribution in [0.5, 0.6) is 0 Å². The number of methoxy groups -OCH3 is 1. The number of aromatic nitrogens is 1. The van der Waals surface area contributed by atoms with Gasteiger partial charge in [-0.3, -0.25) is 9.59 Å². The van der Waals surface area contributed by atoms with E-state index in [0.717, 1.165) is 16.7 Å². The quantitative estimate of drug-likeness (QED) is 0.536. The molecule has 1 N–H and O–H groups in total. The fourth-order valence-corrected chi connectivity index (χ4v) is 2.86. The summed E-state index contributed by atoms with van der Waals surface area (Å²) in [7, 11) is 1.31. The van der Waals surface area contributed by atoms with E-state index in [2.05, 4.69) is 4.98 Å². The fourth-order valence-electron chi connectivity index (χ4n) is 2.60. The van der Waals surface area contributed by atoms with E-state index in [1.807, 2.05) is 52.8 Å². The van der Waals surface area contributed by atoms with Crippen molar-refractivity contribution in [3.05, 3.63) is 51.2 Å². The van der Waals surface area contributed by atoms with Crippen molar-refractivity contribution < 1.29 is 24.2 Å². The first-order valence-electron chi connectivity index (χ1n) is 10.9. The lowest BCUT2D eigenvalue weighted by Gasteiger charge is -2.16. The molecule has 0 radical (unpaired) electrons. The Morgan fingerprint density at radius 2 is 1.64 bits per heavy atom. The van der Waals surface area contributed by atoms with Crippen LogP contribution in [0.15, 0.2) is 18.2 Å². The van der Waals surface area contributed by atoms with E-state index < -0.39 is 17.5 Å². The summed E-state index contributed by atoms with van der Waals surface area (Å²) < 4.78 is 9.84. The van der Waals surface area contributed by atoms with E-state index in [1.165, 1.54) is 19.6 Å². The topological polar surface area (TPSA) is 85.7 Å². The molecule has 0 fully saturated rings. The molecule has 33 heavy (non-hydrogen) atoms. The molecule has 1 aromatic carbocycles. The van der Waals surface area contributed by atoms with Gasteiger partial charge in [-0.2, -0.15) is 0 Å². The molecule has 0 aliphatic heterocycles. The number of carbonyl (C=O) groups excluding carboxylic acids is 2. The van der Waals surface area contributed by atoms with Gasteiger partial charge in [0.1, 0.15) is 6.61 Å². The number of rotatable bonds is 5. The second-order valence-electron chi connectivity index (χ2n) is 8.33. The predicted molar refractivity (Wildman–Crippen MR) is 133 cm³/mol. The number of hydrogen-bond acceptors (Lipinski definition) is 6. The van der Waals surface area contributed by atoms with Crippen molar-refractivity contribution in [3.8, 4) is 11.3 Å². The van der Waals surface area contributed by atoms with Crippen molar-refractivity contribution >= 4 is 23.5 Å². The van der Waals surface area contributed by atoms with E-state index in [0.29, 0.717) is 22.0 Å². The van der Waals surface area contributed by atoms with Crippen molar-refractivity contribution in [2.75, 3.05) is 7.11 Å². The Labute approximate surface area is 203 Å². The Morgan fingerprint density at radius 3 is 2.09 bits per heavy atom. The number of nitrogens with zero attached hydrogens (tertiary/aromatic N) is 1. The summed E-state index contributed by atoms with van der Waals surface area (Å²) in [6.07, 6.45) is -0.0347. The maximum absolute atomic E-state index is 11.8. The zero-order valence-electron chi connectivity index (χ0n) is 21.6. The summed E-state index contributed by atoms with van der Waals surface area (Å²) in [6, 6.07) is 6.04. The van der Waals surface area contributed by atoms with Gasteiger partial charge in [-0.15, -0.1) is 0 Å². The maximum Gasteiger partial charge on any atom is 0.310 e. The van der Waals surface area contributed by atoms with Crippen LogP contribution in [-0.2, 0) is 32.1 Å². The van der Waals surface area contributed by atoms with E-state index in [-0.39, 0.29) is 13.0 Å². The molecule has 2 rings (SSSR count). The standard InChI is InChI=1S/C20H22ClNO4.C4H10O.C2H6/c1-11-6-7-15(8-12(11)2)20-13(3)19(21)16(9-18(24)25-5)17(22-20)10-26-14(4)23;1-4(2,3)5;1-2/h6-8H,9-10H2,1-5H3;5H,1-3H3;1-2H3. The third-order valence-electron chi connectivity index (χ3n) is 4.29. The maximum atomic E-state index is 11.8. The molecular weight excluding hydrogens is 442 g/mol. The highest BCUT2D eigenvalue weighted by Crippen LogP contribution is 2.33. The van der Waals surface area contributed by atoms with Crippen LogP contribution in [0.3, 0.4) is 0 Å². The summed E-state index contributed by atoms with van der Waals surface area (Å²) in [4.78, 5) is 27.6. The number of esters is 2. The lowest BCUT2D eigenvalue weighted by Crippen LogP contribution is -2.12. The van der Waals surface area contributed by atoms with Gasteiger partial charge in [0.05, 0.1) is 35.5 Å². The van der Waals surface area contributed by atoms with Gasteiger partial charge in [0.15, 0.2) is 0 Å². The van der Waals surface area contributed by atoms with Gasteiger partial charge in [-0.1, -0.05) is 37.6 Å². The summed E-state index contributed by atoms with van der Waals surface area (Å²) in [5.74, 6) is -0.864. The zero-order chi connectivity index (χ0) is 25.9. The highest BCUT2D eigenvalue weighted by Gasteiger charge is 2.20. The second kappa shape index (κ2) is 14.0. The van der Waals surface area contributed by atoms with Crippen LogP contribution in [0.25, 0.3) is 11.3 Å². The van der Waals surface area contributed by atoms with Crippen molar-refractivity contribution in [2.24, 2.45) is 0 Å². The smallest absolute Gasteiger partial charge is 0.310 e. The van der Waals surface area contributed by atoms with Gasteiger partial charge in [-0.05, 0) is 64.3 Å². The van der Waals surface area contributed by atoms with Gasteiger partial charge >= 0.3 is 11.9 Å². The molecule has 0 saturated heterocycles. The molecule has 6 nitrogen and oxygen atoms in total. The molecule has 0 spiro atoms. The summed E-state index contributed by atoms with van der Waals surface area (Å²) in [5, 5.41) is 8.95. The number of pyridine rings is 1. The molecule has 1 aromatic heterocycles. The first-order chi connectivity index (χ1) is 15.2. The van der Waals surface area contributed by atoms with Crippen LogP contribution >= 0.6 is 11.6 Å². The van der Waals surface area contributed by atoms with E-state index >= 15 is 0 Å². The van der Waals surface area contributed by atoms with Crippen molar-refractivity contribution in [2.45, 2.75) is 80.9 Å². The Hall–Kier alpha value is -2.44. The van der Waals surface area contributed by atoms with E-state index in [4.69, 9.17) is 26.2 Å². The van der Waals surface area contributed by atoms with Crippen LogP contribution in [-0.4, -0.2) is 34.7 Å². The summed E-state index contributed by atoms with van der Waals surface area (Å²) >= 11 is 6.55. The second-order valence-corrected chi connectivity index (χ2v) is 8.71. The van der Waals surface area contributed by atoms with Crippen LogP contribution in [0.1, 0.15) is 69.5 Å². The lowest BCUT2D eigenvalue weighted by molar-refractivity contribution is -0.142. The molecule has 1 heterocycles. The van der Waals surface area contributed by atoms with Crippen LogP contribution in [0, 0.1) is 20.8 Å². The Bertz CT molecular complexity index is 943. The molecule has 7 heteroatoms. The number of halogens is 1. The summed E-state index contributed by atoms with van der Waals surface area (Å²) in [6.45, 7) is 16.4. The summed E-state index contributed by atoms with van der Waals surface area (Å²) in [5.41, 5.74) is 5.18. The highest BCUT2D eigenvalue weighted by atomic mass is 35.5. The molecule has 0 saturated carbocycles. The minimum Gasteiger partial charge on any atom is -0.469 e. The Balaban J connectivity index is 0.00000129. The molecule has 0 amide bonds. The van der Waals surface area contributed by atoms with Crippen molar-refractivity contribution in [1.29, 1.82) is 0 Å². The number of aryl methyl sites for hydroxylation is 2. The first-order valence-corrected chi connectivity index (χ1v) is 11.3. The van der Waals surface area contributed by atoms with Gasteiger partial charge in [0.25, 0.3) is 0 Å². The number of hydrogen-bond donors (Lipinski definition) is 1. The highest BCUT2D eigenvalue weighted by molar-refractivity contribution is 6.32. The zero-order valence-corrected chi connectivity index (χ0v) is 22.3. The normalized spacial score (nSPS) is 10.3. The third-order valence-corrected chi connectivity index (χ3v) is 4.80. The number of aliphatic hydroxyl groups is 1. The molecule has 184 valence electrons. The average molecular weight is 480 g/mol. The van der Waals surface area contributed by atoms with Gasteiger partial charge in [0.2, 0.25) is 0 Å². The molecule has 0 aliphatic carbocycles. The lowest BCUT2D eigenvalue weighted by atomic mass is 9.98. The SMILES string of the molecule is CC.CC(C)(C)O.COC(=O)Cc1c(COC(C)=O)nc(-c2ccc(C)c(C)c2)c(C)c1Cl. The van der Waals surface area contributed by atoms with Crippen LogP contribution < -0.4 is 0 Å². The minimum absolute atomic E-state index is 0.0347. The average Bonchev–Trinajstić information content (AvgIpc) is 2.73. The molecule has 2 aromatic rings. The van der Waals surface area contributed by atoms with E-state index in [1.54, 1.807) is 20.8 Å². The molecule has 0 aliphatic rings. The van der Waals surface area contributed by atoms with Gasteiger partial charge in [0, 0.05) is 18.1 Å². The number of carbonyl (C=O) groups is 2. The minimum atomic E-state index is -0.500. The molecule has 0 bridgehead atoms. The Morgan fingerprint density at radius 1 is 1.09 bits per heavy atom. The van der Waals surface area contributed by atoms with Gasteiger partial charge in [-0.25, -0.2) is 4.98 Å². The predicted octanol–water partition coefficient (Wildman–Crippen LogP) is 5.91. The Kier molecular flexibility index (Phi) is 12.9. The monoisotopic (exact) mass is 479 g/mol. The number of benzene rings is 1. The molecule has 0 atom stereocenters. The van der Waals surface area contributed by atoms with Crippen molar-refractivity contribution in [1.82, 2.24) is 4.98 Å². The van der Waals surface area contributed by atoms with Gasteiger partial charge < -0.3 is 14.6 Å². The third kappa shape index (κ3) is 10.8. The largest absolute Gasteiger partial charge is 0.469 e. The van der Waals surface area contributed by atoms with Crippen LogP contribution in [0.4, 0.5) is 0 Å². The first kappa shape index (κ1) is 30.6. The number of ether oxygens (including phenoxy) is 2. The van der Waals surface area contributed by atoms with Crippen LogP contribution in [0.2, 0.25) is 5.02 Å². The molecule has 0 unspecified atom stereocenters.